The number of hydrogen-bond donors (Lipinski definition) is 0. The van der Waals surface area contributed by atoms with Gasteiger partial charge in [0.1, 0.15) is 0 Å². The first-order chi connectivity index (χ1) is 4.12. The van der Waals surface area contributed by atoms with Crippen molar-refractivity contribution in [2.45, 2.75) is 0 Å². The summed E-state index contributed by atoms with van der Waals surface area (Å²) >= 11 is 0. The number of rotatable bonds is 4. The second-order valence-electron chi connectivity index (χ2n) is 1.24. The van der Waals surface area contributed by atoms with E-state index in [2.05, 4.69) is 10.8 Å². The van der Waals surface area contributed by atoms with Gasteiger partial charge in [0.15, 0.2) is 0 Å². The van der Waals surface area contributed by atoms with Crippen LogP contribution < -0.4 is 0 Å². The molecule has 0 aliphatic rings. The standard InChI is InChI=1S/C4H7FO3S/c1-2-3-9(6,7)8-4-5/h2H,1,3-4H2. The van der Waals surface area contributed by atoms with Crippen molar-refractivity contribution in [3.8, 4) is 0 Å². The Morgan fingerprint density at radius 1 is 1.67 bits per heavy atom. The summed E-state index contributed by atoms with van der Waals surface area (Å²) in [6.07, 6.45) is 1.13. The number of hydrogen-bond acceptors (Lipinski definition) is 3. The van der Waals surface area contributed by atoms with Crippen molar-refractivity contribution in [2.75, 3.05) is 12.6 Å². The third-order valence-electron chi connectivity index (χ3n) is 0.546. The van der Waals surface area contributed by atoms with Gasteiger partial charge in [0.25, 0.3) is 10.1 Å². The number of alkyl halides is 1. The van der Waals surface area contributed by atoms with Crippen LogP contribution in [0.15, 0.2) is 12.7 Å². The van der Waals surface area contributed by atoms with Crippen molar-refractivity contribution in [3.05, 3.63) is 12.7 Å². The Labute approximate surface area is 53.3 Å². The van der Waals surface area contributed by atoms with Crippen LogP contribution in [0.5, 0.6) is 0 Å². The topological polar surface area (TPSA) is 43.4 Å². The van der Waals surface area contributed by atoms with Crippen LogP contribution in [0.1, 0.15) is 0 Å². The lowest BCUT2D eigenvalue weighted by Crippen LogP contribution is -2.07. The lowest BCUT2D eigenvalue weighted by molar-refractivity contribution is 0.199. The molecule has 0 heterocycles. The molecule has 0 bridgehead atoms. The van der Waals surface area contributed by atoms with E-state index in [-0.39, 0.29) is 5.75 Å². The quantitative estimate of drug-likeness (QED) is 0.436. The molecule has 0 saturated heterocycles. The van der Waals surface area contributed by atoms with Gasteiger partial charge in [-0.15, -0.1) is 6.58 Å². The summed E-state index contributed by atoms with van der Waals surface area (Å²) in [5, 5.41) is 0. The Kier molecular flexibility index (Phi) is 3.41. The van der Waals surface area contributed by atoms with Crippen molar-refractivity contribution in [1.29, 1.82) is 0 Å². The molecule has 0 spiro atoms. The van der Waals surface area contributed by atoms with Crippen LogP contribution in [0.2, 0.25) is 0 Å². The second-order valence-corrected chi connectivity index (χ2v) is 2.92. The van der Waals surface area contributed by atoms with E-state index in [4.69, 9.17) is 0 Å². The number of halogens is 1. The summed E-state index contributed by atoms with van der Waals surface area (Å²) in [5.74, 6) is -0.350. The maximum Gasteiger partial charge on any atom is 0.273 e. The van der Waals surface area contributed by atoms with E-state index >= 15 is 0 Å². The normalized spacial score (nSPS) is 11.2. The van der Waals surface area contributed by atoms with Gasteiger partial charge in [-0.2, -0.15) is 8.42 Å². The highest BCUT2D eigenvalue weighted by Gasteiger charge is 2.06. The van der Waals surface area contributed by atoms with E-state index in [1.54, 1.807) is 0 Å². The van der Waals surface area contributed by atoms with Crippen molar-refractivity contribution >= 4 is 10.1 Å². The Balaban J connectivity index is 3.88. The molecule has 0 radical (unpaired) electrons. The van der Waals surface area contributed by atoms with E-state index in [0.717, 1.165) is 6.08 Å². The molecule has 54 valence electrons. The molecule has 0 atom stereocenters. The SMILES string of the molecule is C=CCS(=O)(=O)OCF. The molecule has 0 aromatic heterocycles. The van der Waals surface area contributed by atoms with Crippen LogP contribution in [-0.2, 0) is 14.3 Å². The molecular formula is C4H7FO3S. The van der Waals surface area contributed by atoms with Gasteiger partial charge < -0.3 is 0 Å². The zero-order chi connectivity index (χ0) is 7.33. The molecule has 0 aliphatic carbocycles. The lowest BCUT2D eigenvalue weighted by atomic mass is 10.8. The fraction of sp³-hybridized carbons (Fsp3) is 0.500. The van der Waals surface area contributed by atoms with Gasteiger partial charge >= 0.3 is 0 Å². The molecule has 0 fully saturated rings. The maximum absolute atomic E-state index is 11.2. The molecule has 0 unspecified atom stereocenters. The Morgan fingerprint density at radius 3 is 2.56 bits per heavy atom. The molecule has 0 amide bonds. The highest BCUT2D eigenvalue weighted by atomic mass is 32.2. The minimum Gasteiger partial charge on any atom is -0.236 e. The van der Waals surface area contributed by atoms with Gasteiger partial charge in [-0.1, -0.05) is 6.08 Å². The van der Waals surface area contributed by atoms with E-state index in [9.17, 15) is 12.8 Å². The average Bonchev–Trinajstić information content (AvgIpc) is 1.64. The minimum atomic E-state index is -3.67. The molecule has 5 heteroatoms. The van der Waals surface area contributed by atoms with Gasteiger partial charge in [0.2, 0.25) is 6.86 Å². The third-order valence-corrected chi connectivity index (χ3v) is 1.64. The zero-order valence-corrected chi connectivity index (χ0v) is 5.53. The molecule has 0 aromatic rings. The summed E-state index contributed by atoms with van der Waals surface area (Å²) in [7, 11) is -3.67. The molecule has 0 aliphatic heterocycles. The molecule has 0 saturated carbocycles. The summed E-state index contributed by atoms with van der Waals surface area (Å²) in [5.41, 5.74) is 0. The first kappa shape index (κ1) is 8.58. The monoisotopic (exact) mass is 154 g/mol. The minimum absolute atomic E-state index is 0.350. The van der Waals surface area contributed by atoms with Crippen LogP contribution >= 0.6 is 0 Å². The van der Waals surface area contributed by atoms with E-state index in [0.29, 0.717) is 0 Å². The van der Waals surface area contributed by atoms with Crippen LogP contribution in [0.4, 0.5) is 4.39 Å². The molecule has 3 nitrogen and oxygen atoms in total. The predicted octanol–water partition coefficient (Wildman–Crippen LogP) is 0.446. The Hall–Kier alpha value is -0.420. The van der Waals surface area contributed by atoms with Gasteiger partial charge in [-0.3, -0.25) is 0 Å². The highest BCUT2D eigenvalue weighted by molar-refractivity contribution is 7.86. The summed E-state index contributed by atoms with van der Waals surface area (Å²) < 4.78 is 35.5. The molecule has 0 N–H and O–H groups in total. The van der Waals surface area contributed by atoms with Crippen LogP contribution in [-0.4, -0.2) is 21.0 Å². The first-order valence-corrected chi connectivity index (χ1v) is 3.74. The Bertz CT molecular complexity index is 172. The van der Waals surface area contributed by atoms with Crippen LogP contribution in [0.3, 0.4) is 0 Å². The zero-order valence-electron chi connectivity index (χ0n) is 4.71. The lowest BCUT2D eigenvalue weighted by Gasteiger charge is -1.94. The van der Waals surface area contributed by atoms with E-state index in [1.165, 1.54) is 0 Å². The molecular weight excluding hydrogens is 147 g/mol. The summed E-state index contributed by atoms with van der Waals surface area (Å²) in [4.78, 5) is 0. The summed E-state index contributed by atoms with van der Waals surface area (Å²) in [6, 6.07) is 0. The van der Waals surface area contributed by atoms with Crippen molar-refractivity contribution in [2.24, 2.45) is 0 Å². The van der Waals surface area contributed by atoms with Crippen LogP contribution in [0.25, 0.3) is 0 Å². The summed E-state index contributed by atoms with van der Waals surface area (Å²) in [6.45, 7) is 1.84. The van der Waals surface area contributed by atoms with Gasteiger partial charge in [0.05, 0.1) is 5.75 Å². The molecule has 0 aromatic carbocycles. The van der Waals surface area contributed by atoms with Gasteiger partial charge in [-0.05, 0) is 0 Å². The fourth-order valence-electron chi connectivity index (χ4n) is 0.260. The van der Waals surface area contributed by atoms with Crippen molar-refractivity contribution in [3.63, 3.8) is 0 Å². The predicted molar refractivity (Wildman–Crippen MR) is 31.0 cm³/mol. The maximum atomic E-state index is 11.2. The van der Waals surface area contributed by atoms with Gasteiger partial charge in [0, 0.05) is 0 Å². The molecule has 9 heavy (non-hydrogen) atoms. The van der Waals surface area contributed by atoms with E-state index in [1.807, 2.05) is 0 Å². The van der Waals surface area contributed by atoms with E-state index < -0.39 is 17.0 Å². The Morgan fingerprint density at radius 2 is 2.22 bits per heavy atom. The smallest absolute Gasteiger partial charge is 0.236 e. The van der Waals surface area contributed by atoms with Crippen molar-refractivity contribution in [1.82, 2.24) is 0 Å². The van der Waals surface area contributed by atoms with Crippen LogP contribution in [0, 0.1) is 0 Å². The first-order valence-electron chi connectivity index (χ1n) is 2.16. The fourth-order valence-corrected chi connectivity index (χ4v) is 0.781. The largest absolute Gasteiger partial charge is 0.273 e. The molecule has 0 rings (SSSR count). The highest BCUT2D eigenvalue weighted by Crippen LogP contribution is 1.92. The third kappa shape index (κ3) is 4.11. The second kappa shape index (κ2) is 3.58. The van der Waals surface area contributed by atoms with Crippen molar-refractivity contribution < 1.29 is 17.0 Å². The average molecular weight is 154 g/mol. The van der Waals surface area contributed by atoms with Gasteiger partial charge in [-0.25, -0.2) is 8.57 Å².